The molecule has 82 valence electrons. The molecule has 0 amide bonds. The normalized spacial score (nSPS) is 9.73. The zero-order valence-electron chi connectivity index (χ0n) is 8.36. The maximum absolute atomic E-state index is 11.0. The summed E-state index contributed by atoms with van der Waals surface area (Å²) in [5.41, 5.74) is 0. The van der Waals surface area contributed by atoms with Crippen LogP contribution in [0.1, 0.15) is 13.3 Å². The van der Waals surface area contributed by atoms with Crippen molar-refractivity contribution < 1.29 is 9.53 Å². The summed E-state index contributed by atoms with van der Waals surface area (Å²) >= 11 is 3.29. The number of carbonyl (C=O) groups is 1. The Balaban J connectivity index is 2.32. The van der Waals surface area contributed by atoms with Crippen LogP contribution in [0.25, 0.3) is 0 Å². The number of ether oxygens (including phenoxy) is 1. The molecule has 0 atom stereocenters. The summed E-state index contributed by atoms with van der Waals surface area (Å²) < 4.78 is 5.56. The van der Waals surface area contributed by atoms with E-state index in [4.69, 9.17) is 4.74 Å². The van der Waals surface area contributed by atoms with Crippen LogP contribution >= 0.6 is 15.9 Å². The predicted molar refractivity (Wildman–Crippen MR) is 59.5 cm³/mol. The second-order valence-electron chi connectivity index (χ2n) is 2.70. The molecule has 0 saturated carbocycles. The summed E-state index contributed by atoms with van der Waals surface area (Å²) in [4.78, 5) is 18.8. The fourth-order valence-electron chi connectivity index (χ4n) is 0.959. The van der Waals surface area contributed by atoms with E-state index >= 15 is 0 Å². The first kappa shape index (κ1) is 11.9. The second-order valence-corrected chi connectivity index (χ2v) is 3.56. The molecule has 1 heterocycles. The van der Waals surface area contributed by atoms with Crippen LogP contribution < -0.4 is 5.32 Å². The number of nitrogens with one attached hydrogen (secondary N) is 1. The largest absolute Gasteiger partial charge is 0.466 e. The van der Waals surface area contributed by atoms with Gasteiger partial charge in [0.05, 0.1) is 17.5 Å². The highest BCUT2D eigenvalue weighted by Crippen LogP contribution is 2.16. The molecular weight excluding hydrogens is 262 g/mol. The van der Waals surface area contributed by atoms with Crippen molar-refractivity contribution in [3.05, 3.63) is 17.0 Å². The van der Waals surface area contributed by atoms with Gasteiger partial charge in [0, 0.05) is 12.7 Å². The van der Waals surface area contributed by atoms with Crippen LogP contribution in [0.4, 0.5) is 5.82 Å². The SMILES string of the molecule is CCOC(=O)CCNc1ncncc1Br. The molecule has 0 spiro atoms. The quantitative estimate of drug-likeness (QED) is 0.826. The molecule has 1 N–H and O–H groups in total. The first-order chi connectivity index (χ1) is 7.24. The van der Waals surface area contributed by atoms with Gasteiger partial charge in [0.25, 0.3) is 0 Å². The Morgan fingerprint density at radius 2 is 2.47 bits per heavy atom. The van der Waals surface area contributed by atoms with E-state index < -0.39 is 0 Å². The lowest BCUT2D eigenvalue weighted by atomic mass is 10.4. The number of esters is 1. The van der Waals surface area contributed by atoms with Crippen molar-refractivity contribution >= 4 is 27.7 Å². The Labute approximate surface area is 96.4 Å². The van der Waals surface area contributed by atoms with Crippen LogP contribution in [0, 0.1) is 0 Å². The van der Waals surface area contributed by atoms with Crippen molar-refractivity contribution in [2.75, 3.05) is 18.5 Å². The van der Waals surface area contributed by atoms with Gasteiger partial charge in [0.15, 0.2) is 0 Å². The molecule has 1 aromatic heterocycles. The van der Waals surface area contributed by atoms with Crippen LogP contribution in [0.5, 0.6) is 0 Å². The minimum absolute atomic E-state index is 0.213. The van der Waals surface area contributed by atoms with Crippen molar-refractivity contribution in [1.82, 2.24) is 9.97 Å². The summed E-state index contributed by atoms with van der Waals surface area (Å²) in [6.07, 6.45) is 3.40. The van der Waals surface area contributed by atoms with Gasteiger partial charge >= 0.3 is 5.97 Å². The Kier molecular flexibility index (Phi) is 5.03. The average molecular weight is 274 g/mol. The third-order valence-corrected chi connectivity index (χ3v) is 2.17. The summed E-state index contributed by atoms with van der Waals surface area (Å²) in [6, 6.07) is 0. The van der Waals surface area contributed by atoms with E-state index in [0.29, 0.717) is 25.4 Å². The molecule has 0 unspecified atom stereocenters. The lowest BCUT2D eigenvalue weighted by Crippen LogP contribution is -2.12. The number of rotatable bonds is 5. The van der Waals surface area contributed by atoms with Gasteiger partial charge in [-0.05, 0) is 22.9 Å². The van der Waals surface area contributed by atoms with Crippen LogP contribution in [0.3, 0.4) is 0 Å². The van der Waals surface area contributed by atoms with Crippen LogP contribution in [-0.4, -0.2) is 29.1 Å². The molecular formula is C9H12BrN3O2. The zero-order chi connectivity index (χ0) is 11.1. The minimum atomic E-state index is -0.213. The first-order valence-corrected chi connectivity index (χ1v) is 5.38. The third kappa shape index (κ3) is 4.24. The Morgan fingerprint density at radius 1 is 1.67 bits per heavy atom. The zero-order valence-corrected chi connectivity index (χ0v) is 9.95. The van der Waals surface area contributed by atoms with E-state index in [0.717, 1.165) is 4.47 Å². The maximum atomic E-state index is 11.0. The summed E-state index contributed by atoms with van der Waals surface area (Å²) in [5, 5.41) is 3.00. The van der Waals surface area contributed by atoms with E-state index in [9.17, 15) is 4.79 Å². The van der Waals surface area contributed by atoms with Crippen LogP contribution in [0.2, 0.25) is 0 Å². The fourth-order valence-corrected chi connectivity index (χ4v) is 1.32. The van der Waals surface area contributed by atoms with E-state index in [1.165, 1.54) is 6.33 Å². The molecule has 15 heavy (non-hydrogen) atoms. The van der Waals surface area contributed by atoms with E-state index in [-0.39, 0.29) is 5.97 Å². The molecule has 5 nitrogen and oxygen atoms in total. The molecule has 6 heteroatoms. The van der Waals surface area contributed by atoms with E-state index in [1.807, 2.05) is 0 Å². The van der Waals surface area contributed by atoms with Gasteiger partial charge in [-0.15, -0.1) is 0 Å². The number of nitrogens with zero attached hydrogens (tertiary/aromatic N) is 2. The first-order valence-electron chi connectivity index (χ1n) is 4.59. The van der Waals surface area contributed by atoms with Crippen LogP contribution in [0.15, 0.2) is 17.0 Å². The van der Waals surface area contributed by atoms with Gasteiger partial charge in [-0.1, -0.05) is 0 Å². The van der Waals surface area contributed by atoms with Crippen LogP contribution in [-0.2, 0) is 9.53 Å². The van der Waals surface area contributed by atoms with Gasteiger partial charge in [0.2, 0.25) is 0 Å². The Hall–Kier alpha value is -1.17. The molecule has 0 radical (unpaired) electrons. The lowest BCUT2D eigenvalue weighted by molar-refractivity contribution is -0.142. The number of anilines is 1. The average Bonchev–Trinajstić information content (AvgIpc) is 2.21. The highest BCUT2D eigenvalue weighted by atomic mass is 79.9. The highest BCUT2D eigenvalue weighted by molar-refractivity contribution is 9.10. The smallest absolute Gasteiger partial charge is 0.307 e. The number of hydrogen-bond acceptors (Lipinski definition) is 5. The molecule has 0 aliphatic heterocycles. The molecule has 1 rings (SSSR count). The van der Waals surface area contributed by atoms with E-state index in [1.54, 1.807) is 13.1 Å². The summed E-state index contributed by atoms with van der Waals surface area (Å²) in [5.74, 6) is 0.462. The fraction of sp³-hybridized carbons (Fsp3) is 0.444. The van der Waals surface area contributed by atoms with Crippen molar-refractivity contribution in [2.45, 2.75) is 13.3 Å². The predicted octanol–water partition coefficient (Wildman–Crippen LogP) is 1.60. The van der Waals surface area contributed by atoms with Gasteiger partial charge in [-0.25, -0.2) is 9.97 Å². The Bertz CT molecular complexity index is 333. The molecule has 0 saturated heterocycles. The molecule has 0 bridgehead atoms. The highest BCUT2D eigenvalue weighted by Gasteiger charge is 2.03. The van der Waals surface area contributed by atoms with Crippen molar-refractivity contribution in [3.8, 4) is 0 Å². The van der Waals surface area contributed by atoms with Gasteiger partial charge in [-0.3, -0.25) is 4.79 Å². The molecule has 1 aromatic rings. The third-order valence-electron chi connectivity index (χ3n) is 1.59. The number of hydrogen-bond donors (Lipinski definition) is 1. The van der Waals surface area contributed by atoms with Crippen molar-refractivity contribution in [3.63, 3.8) is 0 Å². The number of carbonyl (C=O) groups excluding carboxylic acids is 1. The van der Waals surface area contributed by atoms with E-state index in [2.05, 4.69) is 31.2 Å². The van der Waals surface area contributed by atoms with Crippen molar-refractivity contribution in [1.29, 1.82) is 0 Å². The molecule has 0 aromatic carbocycles. The summed E-state index contributed by atoms with van der Waals surface area (Å²) in [7, 11) is 0. The number of halogens is 1. The maximum Gasteiger partial charge on any atom is 0.307 e. The van der Waals surface area contributed by atoms with Crippen molar-refractivity contribution in [2.24, 2.45) is 0 Å². The van der Waals surface area contributed by atoms with Gasteiger partial charge in [-0.2, -0.15) is 0 Å². The topological polar surface area (TPSA) is 64.1 Å². The standard InChI is InChI=1S/C9H12BrN3O2/c1-2-15-8(14)3-4-12-9-7(10)5-11-6-13-9/h5-6H,2-4H2,1H3,(H,11,12,13). The minimum Gasteiger partial charge on any atom is -0.466 e. The summed E-state index contributed by atoms with van der Waals surface area (Å²) in [6.45, 7) is 2.69. The molecule has 0 aliphatic rings. The van der Waals surface area contributed by atoms with Gasteiger partial charge < -0.3 is 10.1 Å². The molecule has 0 fully saturated rings. The lowest BCUT2D eigenvalue weighted by Gasteiger charge is -2.05. The second kappa shape index (κ2) is 6.34. The molecule has 0 aliphatic carbocycles. The van der Waals surface area contributed by atoms with Gasteiger partial charge in [0.1, 0.15) is 12.1 Å². The Morgan fingerprint density at radius 3 is 3.13 bits per heavy atom. The monoisotopic (exact) mass is 273 g/mol. The number of aromatic nitrogens is 2.